The minimum Gasteiger partial charge on any atom is -0.371 e. The number of anilines is 2. The Kier molecular flexibility index (Phi) is 3.22. The Balaban J connectivity index is 1.79. The lowest BCUT2D eigenvalue weighted by Crippen LogP contribution is -2.34. The summed E-state index contributed by atoms with van der Waals surface area (Å²) in [4.78, 5) is 25.2. The van der Waals surface area contributed by atoms with Crippen molar-refractivity contribution in [2.45, 2.75) is 18.1 Å². The van der Waals surface area contributed by atoms with Crippen molar-refractivity contribution in [2.75, 3.05) is 29.6 Å². The van der Waals surface area contributed by atoms with E-state index in [4.69, 9.17) is 0 Å². The summed E-state index contributed by atoms with van der Waals surface area (Å²) in [5.74, 6) is -0.948. The highest BCUT2D eigenvalue weighted by molar-refractivity contribution is 7.99. The highest BCUT2D eigenvalue weighted by Gasteiger charge is 2.28. The van der Waals surface area contributed by atoms with E-state index >= 15 is 0 Å². The molecule has 3 rings (SSSR count). The quantitative estimate of drug-likeness (QED) is 0.841. The maximum absolute atomic E-state index is 11.5. The predicted octanol–water partition coefficient (Wildman–Crippen LogP) is 2.15. The van der Waals surface area contributed by atoms with Crippen molar-refractivity contribution in [1.82, 2.24) is 0 Å². The molecule has 2 aliphatic heterocycles. The molecular weight excluding hydrogens is 260 g/mol. The van der Waals surface area contributed by atoms with Gasteiger partial charge in [-0.1, -0.05) is 0 Å². The molecule has 0 bridgehead atoms. The molecule has 1 N–H and O–H groups in total. The monoisotopic (exact) mass is 276 g/mol. The number of fused-ring (bicyclic) bond motifs is 1. The summed E-state index contributed by atoms with van der Waals surface area (Å²) < 4.78 is 0. The molecule has 0 radical (unpaired) electrons. The number of amides is 1. The fourth-order valence-electron chi connectivity index (χ4n) is 2.68. The average Bonchev–Trinajstić information content (AvgIpc) is 2.74. The molecule has 1 saturated heterocycles. The summed E-state index contributed by atoms with van der Waals surface area (Å²) in [6, 6.07) is 5.61. The zero-order valence-electron chi connectivity index (χ0n) is 10.8. The maximum atomic E-state index is 11.5. The zero-order chi connectivity index (χ0) is 13.4. The fourth-order valence-corrected chi connectivity index (χ4v) is 3.36. The van der Waals surface area contributed by atoms with Crippen LogP contribution in [0.3, 0.4) is 0 Å². The summed E-state index contributed by atoms with van der Waals surface area (Å²) in [6.07, 6.45) is 4.53. The summed E-state index contributed by atoms with van der Waals surface area (Å²) in [5.41, 5.74) is 2.24. The number of Topliss-reactive ketones (excluding diaryl/α,β-unsaturated/α-hetero) is 1. The second-order valence-corrected chi connectivity index (χ2v) is 6.07. The number of thioether (sulfide) groups is 1. The van der Waals surface area contributed by atoms with E-state index in [2.05, 4.69) is 16.5 Å². The van der Waals surface area contributed by atoms with Crippen molar-refractivity contribution in [2.24, 2.45) is 0 Å². The van der Waals surface area contributed by atoms with E-state index in [1.165, 1.54) is 12.8 Å². The van der Waals surface area contributed by atoms with Gasteiger partial charge in [-0.25, -0.2) is 0 Å². The fraction of sp³-hybridized carbons (Fsp3) is 0.429. The molecule has 1 amide bonds. The molecule has 0 saturated carbocycles. The molecule has 0 unspecified atom stereocenters. The van der Waals surface area contributed by atoms with E-state index in [-0.39, 0.29) is 0 Å². The average molecular weight is 276 g/mol. The van der Waals surface area contributed by atoms with Crippen LogP contribution in [-0.4, -0.2) is 36.3 Å². The number of hydrogen-bond acceptors (Lipinski definition) is 4. The van der Waals surface area contributed by atoms with Gasteiger partial charge in [-0.2, -0.15) is 11.8 Å². The second-order valence-electron chi connectivity index (χ2n) is 4.94. The van der Waals surface area contributed by atoms with Gasteiger partial charge in [-0.15, -0.1) is 0 Å². The van der Waals surface area contributed by atoms with Gasteiger partial charge in [0.1, 0.15) is 0 Å². The standard InChI is InChI=1S/C14H16N2O2S/c1-19-10-4-6-16(7-5-10)9-2-3-11-12(8-9)15-14(18)13(11)17/h2-3,8,10H,4-7H2,1H3,(H,15,17,18). The number of carbonyl (C=O) groups excluding carboxylic acids is 2. The van der Waals surface area contributed by atoms with Crippen LogP contribution < -0.4 is 10.2 Å². The first-order valence-electron chi connectivity index (χ1n) is 6.46. The summed E-state index contributed by atoms with van der Waals surface area (Å²) in [6.45, 7) is 2.07. The van der Waals surface area contributed by atoms with E-state index in [0.717, 1.165) is 24.0 Å². The highest BCUT2D eigenvalue weighted by atomic mass is 32.2. The Bertz CT molecular complexity index is 536. The molecular formula is C14H16N2O2S. The van der Waals surface area contributed by atoms with Crippen LogP contribution >= 0.6 is 11.8 Å². The van der Waals surface area contributed by atoms with Crippen LogP contribution in [0.2, 0.25) is 0 Å². The lowest BCUT2D eigenvalue weighted by atomic mass is 10.1. The van der Waals surface area contributed by atoms with Crippen LogP contribution in [-0.2, 0) is 4.79 Å². The molecule has 0 aromatic heterocycles. The second kappa shape index (κ2) is 4.89. The molecule has 0 aliphatic carbocycles. The smallest absolute Gasteiger partial charge is 0.296 e. The minimum atomic E-state index is -0.520. The third-order valence-electron chi connectivity index (χ3n) is 3.84. The number of rotatable bonds is 2. The molecule has 1 aromatic carbocycles. The van der Waals surface area contributed by atoms with Gasteiger partial charge >= 0.3 is 0 Å². The third-order valence-corrected chi connectivity index (χ3v) is 4.98. The third kappa shape index (κ3) is 2.23. The van der Waals surface area contributed by atoms with Crippen LogP contribution in [0.4, 0.5) is 11.4 Å². The first-order chi connectivity index (χ1) is 9.19. The number of piperidine rings is 1. The van der Waals surface area contributed by atoms with Gasteiger partial charge in [0.25, 0.3) is 11.7 Å². The summed E-state index contributed by atoms with van der Waals surface area (Å²) in [7, 11) is 0. The Morgan fingerprint density at radius 2 is 2.00 bits per heavy atom. The molecule has 0 spiro atoms. The normalized spacial score (nSPS) is 19.5. The van der Waals surface area contributed by atoms with Crippen molar-refractivity contribution in [3.8, 4) is 0 Å². The summed E-state index contributed by atoms with van der Waals surface area (Å²) in [5, 5.41) is 3.38. The van der Waals surface area contributed by atoms with E-state index in [1.807, 2.05) is 23.9 Å². The lowest BCUT2D eigenvalue weighted by molar-refractivity contribution is -0.112. The van der Waals surface area contributed by atoms with Crippen molar-refractivity contribution in [3.63, 3.8) is 0 Å². The van der Waals surface area contributed by atoms with Crippen molar-refractivity contribution >= 4 is 34.8 Å². The minimum absolute atomic E-state index is 0.428. The molecule has 100 valence electrons. The van der Waals surface area contributed by atoms with Gasteiger partial charge < -0.3 is 10.2 Å². The van der Waals surface area contributed by atoms with Crippen LogP contribution in [0.15, 0.2) is 18.2 Å². The van der Waals surface area contributed by atoms with Gasteiger partial charge in [0, 0.05) is 24.0 Å². The van der Waals surface area contributed by atoms with E-state index in [1.54, 1.807) is 6.07 Å². The van der Waals surface area contributed by atoms with Crippen LogP contribution in [0.1, 0.15) is 23.2 Å². The van der Waals surface area contributed by atoms with Crippen LogP contribution in [0, 0.1) is 0 Å². The topological polar surface area (TPSA) is 49.4 Å². The highest BCUT2D eigenvalue weighted by Crippen LogP contribution is 2.31. The largest absolute Gasteiger partial charge is 0.371 e. The first kappa shape index (κ1) is 12.5. The Morgan fingerprint density at radius 3 is 2.68 bits per heavy atom. The zero-order valence-corrected chi connectivity index (χ0v) is 11.6. The van der Waals surface area contributed by atoms with Gasteiger partial charge in [-0.3, -0.25) is 9.59 Å². The van der Waals surface area contributed by atoms with E-state index < -0.39 is 11.7 Å². The molecule has 19 heavy (non-hydrogen) atoms. The predicted molar refractivity (Wildman–Crippen MR) is 78.2 cm³/mol. The maximum Gasteiger partial charge on any atom is 0.296 e. The molecule has 1 fully saturated rings. The summed E-state index contributed by atoms with van der Waals surface area (Å²) >= 11 is 1.94. The molecule has 2 heterocycles. The molecule has 0 atom stereocenters. The van der Waals surface area contributed by atoms with Crippen molar-refractivity contribution < 1.29 is 9.59 Å². The SMILES string of the molecule is CSC1CCN(c2ccc3c(c2)NC(=O)C3=O)CC1. The number of benzene rings is 1. The number of ketones is 1. The Labute approximate surface area is 116 Å². The van der Waals surface area contributed by atoms with E-state index in [0.29, 0.717) is 11.3 Å². The Hall–Kier alpha value is -1.49. The first-order valence-corrected chi connectivity index (χ1v) is 7.75. The van der Waals surface area contributed by atoms with Gasteiger partial charge in [0.05, 0.1) is 11.3 Å². The molecule has 2 aliphatic rings. The van der Waals surface area contributed by atoms with Crippen molar-refractivity contribution in [3.05, 3.63) is 23.8 Å². The van der Waals surface area contributed by atoms with Crippen LogP contribution in [0.5, 0.6) is 0 Å². The molecule has 5 heteroatoms. The van der Waals surface area contributed by atoms with Crippen molar-refractivity contribution in [1.29, 1.82) is 0 Å². The van der Waals surface area contributed by atoms with E-state index in [9.17, 15) is 9.59 Å². The van der Waals surface area contributed by atoms with Gasteiger partial charge in [0.15, 0.2) is 0 Å². The number of carbonyl (C=O) groups is 2. The Morgan fingerprint density at radius 1 is 1.26 bits per heavy atom. The molecule has 1 aromatic rings. The van der Waals surface area contributed by atoms with Gasteiger partial charge in [0.2, 0.25) is 0 Å². The number of hydrogen-bond donors (Lipinski definition) is 1. The number of nitrogens with zero attached hydrogens (tertiary/aromatic N) is 1. The lowest BCUT2D eigenvalue weighted by Gasteiger charge is -2.33. The van der Waals surface area contributed by atoms with Gasteiger partial charge in [-0.05, 0) is 37.3 Å². The number of nitrogens with one attached hydrogen (secondary N) is 1. The van der Waals surface area contributed by atoms with Crippen LogP contribution in [0.25, 0.3) is 0 Å². The molecule has 4 nitrogen and oxygen atoms in total.